The molecule has 3 unspecified atom stereocenters. The number of hydrogen-bond acceptors (Lipinski definition) is 3. The molecule has 0 bridgehead atoms. The highest BCUT2D eigenvalue weighted by atomic mass is 35.5. The largest absolute Gasteiger partial charge is 0.510 e. The monoisotopic (exact) mass is 238 g/mol. The number of carbonyl (C=O) groups excluding carboxylic acids is 1. The van der Waals surface area contributed by atoms with E-state index in [1.165, 1.54) is 0 Å². The number of hydrogen-bond donors (Lipinski definition) is 0. The third-order valence-corrected chi connectivity index (χ3v) is 2.81. The van der Waals surface area contributed by atoms with Crippen LogP contribution in [0, 0.1) is 0 Å². The van der Waals surface area contributed by atoms with Gasteiger partial charge < -0.3 is 9.47 Å². The van der Waals surface area contributed by atoms with Crippen molar-refractivity contribution in [1.82, 2.24) is 0 Å². The molecule has 0 heterocycles. The molecule has 0 spiro atoms. The summed E-state index contributed by atoms with van der Waals surface area (Å²) >= 11 is 5.60. The van der Waals surface area contributed by atoms with Crippen LogP contribution in [0.4, 0.5) is 9.18 Å². The summed E-state index contributed by atoms with van der Waals surface area (Å²) in [4.78, 5) is 11.1. The Labute approximate surface area is 93.9 Å². The maximum atomic E-state index is 13.3. The summed E-state index contributed by atoms with van der Waals surface area (Å²) in [5, 5.41) is 0. The second-order valence-corrected chi connectivity index (χ2v) is 4.13. The fourth-order valence-electron chi connectivity index (χ4n) is 1.52. The molecule has 0 amide bonds. The molecule has 0 radical (unpaired) electrons. The van der Waals surface area contributed by atoms with E-state index in [4.69, 9.17) is 16.3 Å². The van der Waals surface area contributed by atoms with E-state index in [9.17, 15) is 9.18 Å². The Bertz CT molecular complexity index is 213. The van der Waals surface area contributed by atoms with Crippen molar-refractivity contribution >= 4 is 17.8 Å². The van der Waals surface area contributed by atoms with E-state index in [0.717, 1.165) is 12.8 Å². The van der Waals surface area contributed by atoms with Gasteiger partial charge in [0.15, 0.2) is 5.56 Å². The van der Waals surface area contributed by atoms with Crippen LogP contribution in [0.2, 0.25) is 0 Å². The summed E-state index contributed by atoms with van der Waals surface area (Å²) in [6.07, 6.45) is 0.658. The average Bonchev–Trinajstić information content (AvgIpc) is 2.21. The van der Waals surface area contributed by atoms with E-state index in [1.807, 2.05) is 0 Å². The molecule has 0 aromatic heterocycles. The van der Waals surface area contributed by atoms with Gasteiger partial charge in [-0.1, -0.05) is 24.9 Å². The van der Waals surface area contributed by atoms with Crippen molar-refractivity contribution in [3.8, 4) is 0 Å². The molecule has 0 N–H and O–H groups in total. The Morgan fingerprint density at radius 3 is 2.80 bits per heavy atom. The third-order valence-electron chi connectivity index (χ3n) is 2.41. The van der Waals surface area contributed by atoms with E-state index in [-0.39, 0.29) is 0 Å². The van der Waals surface area contributed by atoms with Crippen LogP contribution in [0.15, 0.2) is 0 Å². The summed E-state index contributed by atoms with van der Waals surface area (Å²) in [5.41, 5.74) is -0.695. The van der Waals surface area contributed by atoms with Crippen LogP contribution in [0.1, 0.15) is 39.0 Å². The van der Waals surface area contributed by atoms with Gasteiger partial charge in [0.05, 0.1) is 0 Å². The quantitative estimate of drug-likeness (QED) is 0.558. The van der Waals surface area contributed by atoms with E-state index < -0.39 is 24.0 Å². The second-order valence-electron chi connectivity index (χ2n) is 3.64. The second kappa shape index (κ2) is 6.16. The zero-order valence-electron chi connectivity index (χ0n) is 8.75. The molecule has 3 atom stereocenters. The Kier molecular flexibility index (Phi) is 5.15. The lowest BCUT2D eigenvalue weighted by atomic mass is 9.96. The molecule has 1 fully saturated rings. The normalized spacial score (nSPS) is 28.2. The summed E-state index contributed by atoms with van der Waals surface area (Å²) in [6, 6.07) is 0. The predicted molar refractivity (Wildman–Crippen MR) is 54.7 cm³/mol. The van der Waals surface area contributed by atoms with E-state index in [0.29, 0.717) is 19.3 Å². The smallest absolute Gasteiger partial charge is 0.428 e. The number of carbonyl (C=O) groups is 1. The van der Waals surface area contributed by atoms with Crippen molar-refractivity contribution in [3.63, 3.8) is 0 Å². The fourth-order valence-corrected chi connectivity index (χ4v) is 1.60. The van der Waals surface area contributed by atoms with E-state index in [1.54, 1.807) is 6.92 Å². The van der Waals surface area contributed by atoms with Crippen molar-refractivity contribution < 1.29 is 18.7 Å². The third kappa shape index (κ3) is 4.24. The standard InChI is InChI=1S/C10H16ClFO3/c1-2-9(11)15-10(13)14-8-6-4-3-5-7(8)12/h7-9H,2-6H2,1H3. The molecule has 0 aromatic carbocycles. The summed E-state index contributed by atoms with van der Waals surface area (Å²) in [5.74, 6) is 0. The van der Waals surface area contributed by atoms with Crippen LogP contribution in [0.5, 0.6) is 0 Å². The molecule has 5 heteroatoms. The summed E-state index contributed by atoms with van der Waals surface area (Å²) in [6.45, 7) is 1.78. The Hall–Kier alpha value is -0.510. The van der Waals surface area contributed by atoms with Crippen molar-refractivity contribution in [2.45, 2.75) is 56.9 Å². The van der Waals surface area contributed by atoms with Gasteiger partial charge in [-0.2, -0.15) is 0 Å². The zero-order chi connectivity index (χ0) is 11.3. The van der Waals surface area contributed by atoms with Crippen molar-refractivity contribution in [2.75, 3.05) is 0 Å². The molecule has 15 heavy (non-hydrogen) atoms. The Morgan fingerprint density at radius 2 is 2.20 bits per heavy atom. The van der Waals surface area contributed by atoms with Gasteiger partial charge in [-0.15, -0.1) is 0 Å². The number of halogens is 2. The lowest BCUT2D eigenvalue weighted by molar-refractivity contribution is -0.0265. The van der Waals surface area contributed by atoms with Gasteiger partial charge in [0.1, 0.15) is 12.3 Å². The van der Waals surface area contributed by atoms with E-state index in [2.05, 4.69) is 4.74 Å². The first-order valence-electron chi connectivity index (χ1n) is 5.29. The first kappa shape index (κ1) is 12.6. The lowest BCUT2D eigenvalue weighted by Crippen LogP contribution is -2.32. The highest BCUT2D eigenvalue weighted by molar-refractivity contribution is 6.20. The Morgan fingerprint density at radius 1 is 1.53 bits per heavy atom. The van der Waals surface area contributed by atoms with Crippen LogP contribution >= 0.6 is 11.6 Å². The minimum absolute atomic E-state index is 0.454. The van der Waals surface area contributed by atoms with Crippen LogP contribution in [0.3, 0.4) is 0 Å². The van der Waals surface area contributed by atoms with Gasteiger partial charge in [-0.05, 0) is 25.7 Å². The molecule has 1 aliphatic rings. The van der Waals surface area contributed by atoms with E-state index >= 15 is 0 Å². The predicted octanol–water partition coefficient (Wildman–Crippen LogP) is 3.40. The maximum Gasteiger partial charge on any atom is 0.510 e. The minimum atomic E-state index is -1.07. The molecule has 88 valence electrons. The van der Waals surface area contributed by atoms with Crippen LogP contribution in [-0.4, -0.2) is 24.0 Å². The summed E-state index contributed by atoms with van der Waals surface area (Å²) in [7, 11) is 0. The topological polar surface area (TPSA) is 35.5 Å². The van der Waals surface area contributed by atoms with Gasteiger partial charge in [0, 0.05) is 0 Å². The van der Waals surface area contributed by atoms with Gasteiger partial charge >= 0.3 is 6.16 Å². The van der Waals surface area contributed by atoms with Gasteiger partial charge in [-0.25, -0.2) is 9.18 Å². The molecular formula is C10H16ClFO3. The lowest BCUT2D eigenvalue weighted by Gasteiger charge is -2.25. The molecule has 0 aromatic rings. The molecule has 0 aliphatic heterocycles. The van der Waals surface area contributed by atoms with Crippen LogP contribution < -0.4 is 0 Å². The van der Waals surface area contributed by atoms with Crippen molar-refractivity contribution in [3.05, 3.63) is 0 Å². The molecule has 1 aliphatic carbocycles. The molecule has 3 nitrogen and oxygen atoms in total. The van der Waals surface area contributed by atoms with Gasteiger partial charge in [0.2, 0.25) is 0 Å². The van der Waals surface area contributed by atoms with Crippen LogP contribution in [0.25, 0.3) is 0 Å². The van der Waals surface area contributed by atoms with Crippen LogP contribution in [-0.2, 0) is 9.47 Å². The Balaban J connectivity index is 2.29. The van der Waals surface area contributed by atoms with Crippen molar-refractivity contribution in [1.29, 1.82) is 0 Å². The molecule has 1 rings (SSSR count). The highest BCUT2D eigenvalue weighted by Gasteiger charge is 2.29. The number of ether oxygens (including phenoxy) is 2. The summed E-state index contributed by atoms with van der Waals surface area (Å²) < 4.78 is 22.8. The van der Waals surface area contributed by atoms with Gasteiger partial charge in [0.25, 0.3) is 0 Å². The fraction of sp³-hybridized carbons (Fsp3) is 0.900. The maximum absolute atomic E-state index is 13.3. The molecular weight excluding hydrogens is 223 g/mol. The van der Waals surface area contributed by atoms with Gasteiger partial charge in [-0.3, -0.25) is 0 Å². The minimum Gasteiger partial charge on any atom is -0.428 e. The number of rotatable bonds is 3. The number of alkyl halides is 2. The molecule has 0 saturated heterocycles. The van der Waals surface area contributed by atoms with Crippen molar-refractivity contribution in [2.24, 2.45) is 0 Å². The SMILES string of the molecule is CCC(Cl)OC(=O)OC1CCCCC1F. The average molecular weight is 239 g/mol. The zero-order valence-corrected chi connectivity index (χ0v) is 9.50. The highest BCUT2D eigenvalue weighted by Crippen LogP contribution is 2.24. The first-order valence-corrected chi connectivity index (χ1v) is 5.72. The first-order chi connectivity index (χ1) is 7.13. The molecule has 1 saturated carbocycles.